The van der Waals surface area contributed by atoms with Crippen molar-refractivity contribution in [3.05, 3.63) is 35.1 Å². The second-order valence-corrected chi connectivity index (χ2v) is 3.50. The third-order valence-electron chi connectivity index (χ3n) is 2.28. The normalized spacial score (nSPS) is 12.1. The predicted octanol–water partition coefficient (Wildman–Crippen LogP) is 1.78. The fourth-order valence-electron chi connectivity index (χ4n) is 1.35. The van der Waals surface area contributed by atoms with Crippen LogP contribution in [0, 0.1) is 12.7 Å². The molecule has 4 nitrogen and oxygen atoms in total. The average Bonchev–Trinajstić information content (AvgIpc) is 2.18. The zero-order valence-corrected chi connectivity index (χ0v) is 8.61. The molecule has 0 fully saturated rings. The molecule has 2 N–H and O–H groups in total. The monoisotopic (exact) mass is 226 g/mol. The number of rotatable bonds is 4. The molecule has 1 unspecified atom stereocenters. The van der Waals surface area contributed by atoms with Crippen LogP contribution in [0.2, 0.25) is 0 Å². The molecule has 16 heavy (non-hydrogen) atoms. The van der Waals surface area contributed by atoms with Crippen LogP contribution in [0.4, 0.5) is 4.39 Å². The Morgan fingerprint density at radius 3 is 2.44 bits per heavy atom. The van der Waals surface area contributed by atoms with Crippen LogP contribution in [-0.2, 0) is 9.59 Å². The van der Waals surface area contributed by atoms with Gasteiger partial charge in [-0.25, -0.2) is 4.39 Å². The molecule has 0 saturated heterocycles. The summed E-state index contributed by atoms with van der Waals surface area (Å²) in [5.41, 5.74) is 0.557. The van der Waals surface area contributed by atoms with Crippen LogP contribution in [0.25, 0.3) is 0 Å². The number of hydrogen-bond acceptors (Lipinski definition) is 2. The van der Waals surface area contributed by atoms with Gasteiger partial charge in [-0.15, -0.1) is 0 Å². The first kappa shape index (κ1) is 12.2. The van der Waals surface area contributed by atoms with Crippen molar-refractivity contribution in [3.63, 3.8) is 0 Å². The van der Waals surface area contributed by atoms with E-state index in [0.29, 0.717) is 5.56 Å². The molecule has 0 aromatic heterocycles. The minimum Gasteiger partial charge on any atom is -0.481 e. The first-order valence-corrected chi connectivity index (χ1v) is 4.62. The summed E-state index contributed by atoms with van der Waals surface area (Å²) in [5.74, 6) is -4.25. The van der Waals surface area contributed by atoms with Crippen molar-refractivity contribution in [1.29, 1.82) is 0 Å². The van der Waals surface area contributed by atoms with E-state index >= 15 is 0 Å². The lowest BCUT2D eigenvalue weighted by Gasteiger charge is -2.10. The van der Waals surface area contributed by atoms with Gasteiger partial charge in [0.15, 0.2) is 0 Å². The fraction of sp³-hybridized carbons (Fsp3) is 0.273. The van der Waals surface area contributed by atoms with Crippen molar-refractivity contribution in [2.75, 3.05) is 0 Å². The van der Waals surface area contributed by atoms with Gasteiger partial charge >= 0.3 is 11.9 Å². The van der Waals surface area contributed by atoms with E-state index in [1.807, 2.05) is 0 Å². The van der Waals surface area contributed by atoms with Crippen molar-refractivity contribution in [3.8, 4) is 0 Å². The van der Waals surface area contributed by atoms with Gasteiger partial charge in [0.25, 0.3) is 0 Å². The zero-order valence-electron chi connectivity index (χ0n) is 8.61. The number of halogens is 1. The molecule has 0 spiro atoms. The summed E-state index contributed by atoms with van der Waals surface area (Å²) in [5, 5.41) is 17.4. The zero-order chi connectivity index (χ0) is 12.3. The summed E-state index contributed by atoms with van der Waals surface area (Å²) in [6, 6.07) is 3.93. The molecule has 1 rings (SSSR count). The van der Waals surface area contributed by atoms with Gasteiger partial charge in [0.1, 0.15) is 5.82 Å². The summed E-state index contributed by atoms with van der Waals surface area (Å²) in [4.78, 5) is 21.3. The summed E-state index contributed by atoms with van der Waals surface area (Å²) in [6.07, 6.45) is -0.558. The molecule has 86 valence electrons. The number of carbonyl (C=O) groups is 2. The molecular weight excluding hydrogens is 215 g/mol. The molecule has 0 bridgehead atoms. The van der Waals surface area contributed by atoms with Crippen LogP contribution in [0.15, 0.2) is 18.2 Å². The van der Waals surface area contributed by atoms with Crippen LogP contribution < -0.4 is 0 Å². The minimum absolute atomic E-state index is 0.165. The van der Waals surface area contributed by atoms with E-state index in [1.165, 1.54) is 12.1 Å². The molecule has 1 atom stereocenters. The molecule has 0 saturated carbocycles. The third kappa shape index (κ3) is 2.79. The number of aliphatic carboxylic acids is 2. The molecule has 0 aliphatic rings. The Morgan fingerprint density at radius 2 is 2.00 bits per heavy atom. The lowest BCUT2D eigenvalue weighted by molar-refractivity contribution is -0.145. The quantitative estimate of drug-likeness (QED) is 0.820. The van der Waals surface area contributed by atoms with Crippen molar-refractivity contribution in [2.45, 2.75) is 19.3 Å². The summed E-state index contributed by atoms with van der Waals surface area (Å²) in [6.45, 7) is 1.55. The summed E-state index contributed by atoms with van der Waals surface area (Å²) >= 11 is 0. The number of carboxylic acid groups (broad SMARTS) is 2. The Kier molecular flexibility index (Phi) is 3.60. The first-order chi connectivity index (χ1) is 7.41. The highest BCUT2D eigenvalue weighted by Gasteiger charge is 2.23. The van der Waals surface area contributed by atoms with Crippen molar-refractivity contribution in [2.24, 2.45) is 0 Å². The van der Waals surface area contributed by atoms with Gasteiger partial charge in [-0.2, -0.15) is 0 Å². The highest BCUT2D eigenvalue weighted by atomic mass is 19.1. The van der Waals surface area contributed by atoms with Crippen molar-refractivity contribution >= 4 is 11.9 Å². The van der Waals surface area contributed by atoms with E-state index in [-0.39, 0.29) is 5.56 Å². The van der Waals surface area contributed by atoms with E-state index in [1.54, 1.807) is 6.92 Å². The van der Waals surface area contributed by atoms with Gasteiger partial charge in [-0.1, -0.05) is 12.1 Å². The van der Waals surface area contributed by atoms with Crippen LogP contribution in [0.3, 0.4) is 0 Å². The highest BCUT2D eigenvalue weighted by Crippen LogP contribution is 2.22. The maximum atomic E-state index is 13.2. The molecule has 0 aliphatic carbocycles. The Bertz CT molecular complexity index is 428. The average molecular weight is 226 g/mol. The van der Waals surface area contributed by atoms with E-state index in [2.05, 4.69) is 0 Å². The van der Waals surface area contributed by atoms with Crippen molar-refractivity contribution in [1.82, 2.24) is 0 Å². The molecule has 1 aromatic rings. The summed E-state index contributed by atoms with van der Waals surface area (Å²) in [7, 11) is 0. The van der Waals surface area contributed by atoms with Gasteiger partial charge in [-0.3, -0.25) is 9.59 Å². The molecule has 0 heterocycles. The predicted molar refractivity (Wildman–Crippen MR) is 53.8 cm³/mol. The van der Waals surface area contributed by atoms with Gasteiger partial charge in [-0.05, 0) is 24.1 Å². The lowest BCUT2D eigenvalue weighted by Crippen LogP contribution is -2.16. The van der Waals surface area contributed by atoms with Crippen LogP contribution >= 0.6 is 0 Å². The Morgan fingerprint density at radius 1 is 1.38 bits per heavy atom. The van der Waals surface area contributed by atoms with E-state index in [4.69, 9.17) is 10.2 Å². The topological polar surface area (TPSA) is 74.6 Å². The van der Waals surface area contributed by atoms with Crippen molar-refractivity contribution < 1.29 is 24.2 Å². The maximum absolute atomic E-state index is 13.2. The Balaban J connectivity index is 3.06. The number of aryl methyl sites for hydroxylation is 1. The van der Waals surface area contributed by atoms with Crippen LogP contribution in [0.5, 0.6) is 0 Å². The van der Waals surface area contributed by atoms with Gasteiger partial charge < -0.3 is 10.2 Å². The highest BCUT2D eigenvalue weighted by molar-refractivity contribution is 5.82. The van der Waals surface area contributed by atoms with Crippen LogP contribution in [-0.4, -0.2) is 22.2 Å². The third-order valence-corrected chi connectivity index (χ3v) is 2.28. The molecular formula is C11H11FO4. The minimum atomic E-state index is -1.27. The Labute approximate surface area is 91.3 Å². The van der Waals surface area contributed by atoms with Gasteiger partial charge in [0, 0.05) is 0 Å². The van der Waals surface area contributed by atoms with Gasteiger partial charge in [0.05, 0.1) is 12.3 Å². The first-order valence-electron chi connectivity index (χ1n) is 4.62. The fourth-order valence-corrected chi connectivity index (χ4v) is 1.35. The summed E-state index contributed by atoms with van der Waals surface area (Å²) < 4.78 is 13.2. The number of carboxylic acids is 2. The van der Waals surface area contributed by atoms with Crippen LogP contribution in [0.1, 0.15) is 23.5 Å². The molecule has 1 aromatic carbocycles. The second-order valence-electron chi connectivity index (χ2n) is 3.50. The maximum Gasteiger partial charge on any atom is 0.311 e. The number of hydrogen-bond donors (Lipinski definition) is 2. The SMILES string of the molecule is Cc1ccc(C(CC(=O)O)C(=O)O)cc1F. The van der Waals surface area contributed by atoms with E-state index < -0.39 is 30.1 Å². The molecule has 0 radical (unpaired) electrons. The van der Waals surface area contributed by atoms with Gasteiger partial charge in [0.2, 0.25) is 0 Å². The Hall–Kier alpha value is -1.91. The van der Waals surface area contributed by atoms with E-state index in [0.717, 1.165) is 6.07 Å². The molecule has 5 heteroatoms. The second kappa shape index (κ2) is 4.74. The lowest BCUT2D eigenvalue weighted by atomic mass is 9.95. The molecule has 0 aliphatic heterocycles. The largest absolute Gasteiger partial charge is 0.481 e. The van der Waals surface area contributed by atoms with E-state index in [9.17, 15) is 14.0 Å². The smallest absolute Gasteiger partial charge is 0.311 e. The number of benzene rings is 1. The molecule has 0 amide bonds. The standard InChI is InChI=1S/C11H11FO4/c1-6-2-3-7(4-9(6)12)8(11(15)16)5-10(13)14/h2-4,8H,5H2,1H3,(H,13,14)(H,15,16).